The zero-order chi connectivity index (χ0) is 30.7. The number of aliphatic hydroxyl groups is 1. The van der Waals surface area contributed by atoms with Gasteiger partial charge in [0, 0.05) is 24.8 Å². The van der Waals surface area contributed by atoms with Crippen LogP contribution >= 0.6 is 0 Å². The van der Waals surface area contributed by atoms with Crippen LogP contribution in [-0.2, 0) is 30.8 Å². The molecule has 0 saturated heterocycles. The van der Waals surface area contributed by atoms with Gasteiger partial charge in [0.1, 0.15) is 0 Å². The Balaban J connectivity index is 1.68. The summed E-state index contributed by atoms with van der Waals surface area (Å²) in [5.41, 5.74) is 7.16. The van der Waals surface area contributed by atoms with Crippen LogP contribution in [0.4, 0.5) is 5.69 Å². The van der Waals surface area contributed by atoms with Gasteiger partial charge in [-0.3, -0.25) is 14.9 Å². The molecule has 0 heterocycles. The number of anilines is 1. The maximum Gasteiger partial charge on any atom is 0.319 e. The largest absolute Gasteiger partial charge is 0.468 e. The zero-order valence-electron chi connectivity index (χ0n) is 24.5. The van der Waals surface area contributed by atoms with Gasteiger partial charge in [-0.15, -0.1) is 0 Å². The Morgan fingerprint density at radius 3 is 2.38 bits per heavy atom. The molecule has 0 aromatic heterocycles. The average Bonchev–Trinajstić information content (AvgIpc) is 2.98. The molecule has 0 fully saturated rings. The average molecular weight is 599 g/mol. The van der Waals surface area contributed by atoms with Crippen molar-refractivity contribution < 1.29 is 27.9 Å². The topological polar surface area (TPSA) is 151 Å². The summed E-state index contributed by atoms with van der Waals surface area (Å²) < 4.78 is 33.0. The van der Waals surface area contributed by atoms with Crippen molar-refractivity contribution >= 4 is 38.4 Å². The number of carbonyl (C=O) groups excluding carboxylic acids is 2. The number of nitrogens with zero attached hydrogens (tertiary/aromatic N) is 1. The van der Waals surface area contributed by atoms with E-state index >= 15 is 0 Å². The van der Waals surface area contributed by atoms with Gasteiger partial charge in [-0.25, -0.2) is 8.42 Å². The summed E-state index contributed by atoms with van der Waals surface area (Å²) >= 11 is 0. The quantitative estimate of drug-likeness (QED) is 0.112. The van der Waals surface area contributed by atoms with Crippen LogP contribution in [0.25, 0.3) is 10.8 Å². The van der Waals surface area contributed by atoms with Crippen molar-refractivity contribution in [3.05, 3.63) is 72.3 Å². The van der Waals surface area contributed by atoms with E-state index in [0.29, 0.717) is 24.9 Å². The smallest absolute Gasteiger partial charge is 0.319 e. The van der Waals surface area contributed by atoms with Gasteiger partial charge in [0.15, 0.2) is 0 Å². The number of hydrogen-bond donors (Lipinski definition) is 4. The molecule has 0 radical (unpaired) electrons. The number of ether oxygens (including phenoxy) is 1. The minimum absolute atomic E-state index is 0.0259. The predicted octanol–water partition coefficient (Wildman–Crippen LogP) is 2.70. The number of carbonyl (C=O) groups is 2. The maximum atomic E-state index is 13.5. The summed E-state index contributed by atoms with van der Waals surface area (Å²) in [6, 6.07) is 18.4. The van der Waals surface area contributed by atoms with Crippen LogP contribution in [0.1, 0.15) is 32.3 Å². The third kappa shape index (κ3) is 8.99. The Kier molecular flexibility index (Phi) is 12.3. The van der Waals surface area contributed by atoms with Crippen molar-refractivity contribution in [3.8, 4) is 0 Å². The first-order valence-electron chi connectivity index (χ1n) is 14.1. The fraction of sp³-hybridized carbons (Fsp3) is 0.419. The van der Waals surface area contributed by atoms with E-state index in [1.54, 1.807) is 0 Å². The van der Waals surface area contributed by atoms with E-state index in [4.69, 9.17) is 10.5 Å². The Morgan fingerprint density at radius 2 is 1.71 bits per heavy atom. The zero-order valence-corrected chi connectivity index (χ0v) is 25.3. The molecule has 10 nitrogen and oxygen atoms in total. The molecule has 3 aromatic carbocycles. The highest BCUT2D eigenvalue weighted by Gasteiger charge is 2.31. The number of rotatable bonds is 16. The predicted molar refractivity (Wildman–Crippen MR) is 164 cm³/mol. The van der Waals surface area contributed by atoms with Gasteiger partial charge in [0.05, 0.1) is 31.2 Å². The van der Waals surface area contributed by atoms with E-state index in [2.05, 4.69) is 10.6 Å². The minimum atomic E-state index is -3.89. The second kappa shape index (κ2) is 15.6. The lowest BCUT2D eigenvalue weighted by molar-refractivity contribution is -0.139. The molecule has 3 aromatic rings. The van der Waals surface area contributed by atoms with E-state index < -0.39 is 28.1 Å². The van der Waals surface area contributed by atoms with Crippen molar-refractivity contribution in [2.45, 2.75) is 50.1 Å². The minimum Gasteiger partial charge on any atom is -0.468 e. The number of nitrogens with two attached hydrogens (primary N) is 1. The molecule has 0 aliphatic heterocycles. The van der Waals surface area contributed by atoms with Crippen LogP contribution in [-0.4, -0.2) is 75.1 Å². The summed E-state index contributed by atoms with van der Waals surface area (Å²) in [5.74, 6) is -0.747. The van der Waals surface area contributed by atoms with E-state index in [-0.39, 0.29) is 43.0 Å². The van der Waals surface area contributed by atoms with Gasteiger partial charge < -0.3 is 20.9 Å². The second-order valence-corrected chi connectivity index (χ2v) is 12.5. The molecule has 0 spiro atoms. The molecule has 228 valence electrons. The molecule has 0 unspecified atom stereocenters. The third-order valence-electron chi connectivity index (χ3n) is 7.00. The summed E-state index contributed by atoms with van der Waals surface area (Å²) in [7, 11) is -2.60. The molecule has 11 heteroatoms. The summed E-state index contributed by atoms with van der Waals surface area (Å²) in [5, 5.41) is 18.2. The molecule has 0 saturated carbocycles. The van der Waals surface area contributed by atoms with Crippen molar-refractivity contribution in [2.24, 2.45) is 5.92 Å². The Bertz CT molecular complexity index is 1420. The first-order valence-corrected chi connectivity index (χ1v) is 15.5. The van der Waals surface area contributed by atoms with Crippen LogP contribution in [0.3, 0.4) is 0 Å². The summed E-state index contributed by atoms with van der Waals surface area (Å²) in [4.78, 5) is 25.2. The number of nitrogen functional groups attached to an aromatic ring is 1. The van der Waals surface area contributed by atoms with E-state index in [9.17, 15) is 23.1 Å². The normalized spacial score (nSPS) is 13.3. The number of fused-ring (bicyclic) bond motifs is 1. The maximum absolute atomic E-state index is 13.5. The Labute approximate surface area is 248 Å². The van der Waals surface area contributed by atoms with Gasteiger partial charge in [0.25, 0.3) is 0 Å². The van der Waals surface area contributed by atoms with E-state index in [1.165, 1.54) is 35.7 Å². The number of amides is 1. The number of methoxy groups -OCH3 is 1. The number of benzene rings is 3. The van der Waals surface area contributed by atoms with Gasteiger partial charge >= 0.3 is 5.97 Å². The first-order chi connectivity index (χ1) is 20.1. The lowest BCUT2D eigenvalue weighted by atomic mass is 9.98. The van der Waals surface area contributed by atoms with Crippen LogP contribution in [0.15, 0.2) is 71.6 Å². The highest BCUT2D eigenvalue weighted by molar-refractivity contribution is 7.89. The number of nitrogens with one attached hydrogen (secondary N) is 2. The van der Waals surface area contributed by atoms with Crippen LogP contribution in [0, 0.1) is 5.92 Å². The van der Waals surface area contributed by atoms with Gasteiger partial charge in [0.2, 0.25) is 15.9 Å². The molecular formula is C31H42N4O6S. The number of hydrogen-bond acceptors (Lipinski definition) is 8. The molecule has 5 N–H and O–H groups in total. The standard InChI is InChI=1S/C31H42N4O6S/c1-22(2)20-35(42(39,40)27-15-13-25(32)14-16-27)26(21-36)11-7-17-33-31(38)29(34-19-30(37)41-3)18-24-10-6-9-23-8-4-5-12-28(23)24/h4-6,8-10,12-16,22,26,29,34,36H,7,11,17-21,32H2,1-3H3,(H,33,38)/t26-,29-/m0/s1. The first kappa shape index (κ1) is 33.0. The molecule has 0 aliphatic carbocycles. The van der Waals surface area contributed by atoms with E-state index in [1.807, 2.05) is 56.3 Å². The molecule has 0 aliphatic rings. The lowest BCUT2D eigenvalue weighted by Crippen LogP contribution is -2.48. The van der Waals surface area contributed by atoms with E-state index in [0.717, 1.165) is 16.3 Å². The van der Waals surface area contributed by atoms with Crippen LogP contribution in [0.2, 0.25) is 0 Å². The SMILES string of the molecule is COC(=O)CN[C@@H](Cc1cccc2ccccc12)C(=O)NCCC[C@@H](CO)N(CC(C)C)S(=O)(=O)c1ccc(N)cc1. The van der Waals surface area contributed by atoms with Crippen molar-refractivity contribution in [2.75, 3.05) is 39.1 Å². The molecule has 1 amide bonds. The molecule has 0 bridgehead atoms. The molecular weight excluding hydrogens is 556 g/mol. The van der Waals surface area contributed by atoms with Gasteiger partial charge in [-0.1, -0.05) is 56.3 Å². The monoisotopic (exact) mass is 598 g/mol. The van der Waals surface area contributed by atoms with Gasteiger partial charge in [-0.05, 0) is 65.8 Å². The van der Waals surface area contributed by atoms with Crippen LogP contribution < -0.4 is 16.4 Å². The number of esters is 1. The number of sulfonamides is 1. The lowest BCUT2D eigenvalue weighted by Gasteiger charge is -2.31. The summed E-state index contributed by atoms with van der Waals surface area (Å²) in [6.45, 7) is 3.83. The van der Waals surface area contributed by atoms with Crippen molar-refractivity contribution in [3.63, 3.8) is 0 Å². The third-order valence-corrected chi connectivity index (χ3v) is 8.94. The summed E-state index contributed by atoms with van der Waals surface area (Å²) in [6.07, 6.45) is 1.12. The number of aliphatic hydroxyl groups excluding tert-OH is 1. The molecule has 42 heavy (non-hydrogen) atoms. The highest BCUT2D eigenvalue weighted by Crippen LogP contribution is 2.23. The Hall–Kier alpha value is -3.51. The highest BCUT2D eigenvalue weighted by atomic mass is 32.2. The molecule has 2 atom stereocenters. The van der Waals surface area contributed by atoms with Crippen molar-refractivity contribution in [1.82, 2.24) is 14.9 Å². The fourth-order valence-corrected chi connectivity index (χ4v) is 6.61. The fourth-order valence-electron chi connectivity index (χ4n) is 4.80. The Morgan fingerprint density at radius 1 is 1.02 bits per heavy atom. The second-order valence-electron chi connectivity index (χ2n) is 10.7. The van der Waals surface area contributed by atoms with Crippen molar-refractivity contribution in [1.29, 1.82) is 0 Å². The van der Waals surface area contributed by atoms with Gasteiger partial charge in [-0.2, -0.15) is 4.31 Å². The van der Waals surface area contributed by atoms with Crippen LogP contribution in [0.5, 0.6) is 0 Å². The molecule has 3 rings (SSSR count).